The summed E-state index contributed by atoms with van der Waals surface area (Å²) in [6, 6.07) is 19.5. The highest BCUT2D eigenvalue weighted by molar-refractivity contribution is 7.99. The number of carbonyl (C=O) groups is 1. The largest absolute Gasteiger partial charge is 0.497 e. The summed E-state index contributed by atoms with van der Waals surface area (Å²) in [6.07, 6.45) is 0. The fourth-order valence-corrected chi connectivity index (χ4v) is 3.82. The number of hydrogen-bond donors (Lipinski definition) is 0. The lowest BCUT2D eigenvalue weighted by Crippen LogP contribution is -2.09. The summed E-state index contributed by atoms with van der Waals surface area (Å²) in [5, 5.41) is 8.60. The van der Waals surface area contributed by atoms with Crippen molar-refractivity contribution in [3.8, 4) is 22.8 Å². The standard InChI is InChI=1S/C24H19F2N3O3S/c1-31-19-10-7-17(8-11-19)23-27-28-24(29(23)21-12-9-18(25)13-20(21)26)33-15-22(30)32-14-16-5-3-2-4-6-16/h2-13H,14-15H2,1H3. The predicted molar refractivity (Wildman–Crippen MR) is 120 cm³/mol. The Morgan fingerprint density at radius 1 is 1.00 bits per heavy atom. The minimum absolute atomic E-state index is 0.0591. The molecule has 0 aliphatic rings. The van der Waals surface area contributed by atoms with E-state index in [1.54, 1.807) is 31.4 Å². The molecule has 0 aliphatic carbocycles. The molecule has 0 saturated carbocycles. The Labute approximate surface area is 193 Å². The molecule has 168 valence electrons. The van der Waals surface area contributed by atoms with E-state index in [1.807, 2.05) is 30.3 Å². The average Bonchev–Trinajstić information content (AvgIpc) is 3.25. The molecule has 0 aliphatic heterocycles. The number of nitrogens with zero attached hydrogens (tertiary/aromatic N) is 3. The molecule has 0 saturated heterocycles. The lowest BCUT2D eigenvalue weighted by molar-refractivity contribution is -0.141. The maximum atomic E-state index is 14.7. The van der Waals surface area contributed by atoms with Crippen molar-refractivity contribution in [2.75, 3.05) is 12.9 Å². The van der Waals surface area contributed by atoms with Crippen LogP contribution in [0.2, 0.25) is 0 Å². The summed E-state index contributed by atoms with van der Waals surface area (Å²) in [5.41, 5.74) is 1.58. The minimum Gasteiger partial charge on any atom is -0.497 e. The molecule has 3 aromatic carbocycles. The molecule has 33 heavy (non-hydrogen) atoms. The highest BCUT2D eigenvalue weighted by atomic mass is 32.2. The van der Waals surface area contributed by atoms with Gasteiger partial charge in [-0.3, -0.25) is 9.36 Å². The number of ether oxygens (including phenoxy) is 2. The van der Waals surface area contributed by atoms with Gasteiger partial charge in [-0.15, -0.1) is 10.2 Å². The third kappa shape index (κ3) is 5.38. The lowest BCUT2D eigenvalue weighted by atomic mass is 10.2. The third-order valence-corrected chi connectivity index (χ3v) is 5.60. The zero-order valence-electron chi connectivity index (χ0n) is 17.6. The number of aromatic nitrogens is 3. The topological polar surface area (TPSA) is 66.2 Å². The highest BCUT2D eigenvalue weighted by Gasteiger charge is 2.20. The van der Waals surface area contributed by atoms with E-state index in [4.69, 9.17) is 9.47 Å². The van der Waals surface area contributed by atoms with Crippen molar-refractivity contribution in [2.24, 2.45) is 0 Å². The van der Waals surface area contributed by atoms with Gasteiger partial charge in [0.25, 0.3) is 0 Å². The number of methoxy groups -OCH3 is 1. The van der Waals surface area contributed by atoms with Gasteiger partial charge in [0.05, 0.1) is 18.6 Å². The van der Waals surface area contributed by atoms with E-state index in [2.05, 4.69) is 10.2 Å². The SMILES string of the molecule is COc1ccc(-c2nnc(SCC(=O)OCc3ccccc3)n2-c2ccc(F)cc2F)cc1. The number of hydrogen-bond acceptors (Lipinski definition) is 6. The van der Waals surface area contributed by atoms with Crippen LogP contribution in [-0.2, 0) is 16.1 Å². The maximum Gasteiger partial charge on any atom is 0.316 e. The first-order valence-electron chi connectivity index (χ1n) is 9.93. The Morgan fingerprint density at radius 3 is 2.45 bits per heavy atom. The maximum absolute atomic E-state index is 14.7. The molecular formula is C24H19F2N3O3S. The van der Waals surface area contributed by atoms with Crippen LogP contribution in [-0.4, -0.2) is 33.6 Å². The Hall–Kier alpha value is -3.72. The smallest absolute Gasteiger partial charge is 0.316 e. The molecule has 0 radical (unpaired) electrons. The average molecular weight is 467 g/mol. The molecule has 4 rings (SSSR count). The number of benzene rings is 3. The molecule has 9 heteroatoms. The van der Waals surface area contributed by atoms with Crippen molar-refractivity contribution in [3.63, 3.8) is 0 Å². The Balaban J connectivity index is 1.59. The van der Waals surface area contributed by atoms with Crippen molar-refractivity contribution in [1.82, 2.24) is 14.8 Å². The van der Waals surface area contributed by atoms with Gasteiger partial charge >= 0.3 is 5.97 Å². The summed E-state index contributed by atoms with van der Waals surface area (Å²) in [5.74, 6) is -1.01. The molecular weight excluding hydrogens is 448 g/mol. The molecule has 6 nitrogen and oxygen atoms in total. The zero-order chi connectivity index (χ0) is 23.2. The molecule has 0 bridgehead atoms. The van der Waals surface area contributed by atoms with Crippen molar-refractivity contribution in [3.05, 3.63) is 90.0 Å². The highest BCUT2D eigenvalue weighted by Crippen LogP contribution is 2.30. The van der Waals surface area contributed by atoms with Gasteiger partial charge in [0.1, 0.15) is 24.0 Å². The Morgan fingerprint density at radius 2 is 1.76 bits per heavy atom. The van der Waals surface area contributed by atoms with E-state index >= 15 is 0 Å². The van der Waals surface area contributed by atoms with Crippen LogP contribution >= 0.6 is 11.8 Å². The number of thioether (sulfide) groups is 1. The van der Waals surface area contributed by atoms with Gasteiger partial charge in [-0.05, 0) is 42.0 Å². The normalized spacial score (nSPS) is 10.8. The van der Waals surface area contributed by atoms with Crippen LogP contribution in [0.1, 0.15) is 5.56 Å². The zero-order valence-corrected chi connectivity index (χ0v) is 18.4. The van der Waals surface area contributed by atoms with Crippen LogP contribution in [0.4, 0.5) is 8.78 Å². The molecule has 0 spiro atoms. The van der Waals surface area contributed by atoms with Crippen molar-refractivity contribution >= 4 is 17.7 Å². The fourth-order valence-electron chi connectivity index (χ4n) is 3.07. The molecule has 0 fully saturated rings. The molecule has 4 aromatic rings. The number of esters is 1. The Kier molecular flexibility index (Phi) is 6.99. The van der Waals surface area contributed by atoms with E-state index in [9.17, 15) is 13.6 Å². The van der Waals surface area contributed by atoms with Crippen LogP contribution in [0, 0.1) is 11.6 Å². The molecule has 0 unspecified atom stereocenters. The Bertz CT molecular complexity index is 1250. The van der Waals surface area contributed by atoms with Gasteiger partial charge in [-0.1, -0.05) is 42.1 Å². The van der Waals surface area contributed by atoms with Gasteiger partial charge < -0.3 is 9.47 Å². The first-order valence-corrected chi connectivity index (χ1v) is 10.9. The second-order valence-electron chi connectivity index (χ2n) is 6.90. The van der Waals surface area contributed by atoms with Crippen LogP contribution in [0.25, 0.3) is 17.1 Å². The van der Waals surface area contributed by atoms with Crippen LogP contribution in [0.3, 0.4) is 0 Å². The van der Waals surface area contributed by atoms with E-state index in [-0.39, 0.29) is 23.2 Å². The van der Waals surface area contributed by atoms with Crippen LogP contribution in [0.5, 0.6) is 5.75 Å². The summed E-state index contributed by atoms with van der Waals surface area (Å²) >= 11 is 1.05. The van der Waals surface area contributed by atoms with Gasteiger partial charge in [-0.2, -0.15) is 0 Å². The fraction of sp³-hybridized carbons (Fsp3) is 0.125. The summed E-state index contributed by atoms with van der Waals surface area (Å²) in [4.78, 5) is 12.3. The van der Waals surface area contributed by atoms with Crippen molar-refractivity contribution < 1.29 is 23.0 Å². The summed E-state index contributed by atoms with van der Waals surface area (Å²) in [6.45, 7) is 0.149. The third-order valence-electron chi connectivity index (χ3n) is 4.69. The van der Waals surface area contributed by atoms with E-state index in [0.717, 1.165) is 29.5 Å². The quantitative estimate of drug-likeness (QED) is 0.267. The summed E-state index contributed by atoms with van der Waals surface area (Å²) < 4.78 is 40.1. The van der Waals surface area contributed by atoms with Crippen molar-refractivity contribution in [1.29, 1.82) is 0 Å². The predicted octanol–water partition coefficient (Wildman–Crippen LogP) is 5.06. The van der Waals surface area contributed by atoms with E-state index in [0.29, 0.717) is 17.1 Å². The second kappa shape index (κ2) is 10.3. The second-order valence-corrected chi connectivity index (χ2v) is 7.84. The first-order chi connectivity index (χ1) is 16.0. The van der Waals surface area contributed by atoms with Gasteiger partial charge in [0.2, 0.25) is 0 Å². The van der Waals surface area contributed by atoms with E-state index in [1.165, 1.54) is 10.6 Å². The van der Waals surface area contributed by atoms with Gasteiger partial charge in [0.15, 0.2) is 11.0 Å². The van der Waals surface area contributed by atoms with Crippen LogP contribution < -0.4 is 4.74 Å². The monoisotopic (exact) mass is 467 g/mol. The van der Waals surface area contributed by atoms with E-state index < -0.39 is 17.6 Å². The van der Waals surface area contributed by atoms with Gasteiger partial charge in [0, 0.05) is 11.6 Å². The summed E-state index contributed by atoms with van der Waals surface area (Å²) in [7, 11) is 1.55. The lowest BCUT2D eigenvalue weighted by Gasteiger charge is -2.12. The number of halogens is 2. The van der Waals surface area contributed by atoms with Gasteiger partial charge in [-0.25, -0.2) is 8.78 Å². The first kappa shape index (κ1) is 22.5. The van der Waals surface area contributed by atoms with Crippen molar-refractivity contribution in [2.45, 2.75) is 11.8 Å². The molecule has 0 N–H and O–H groups in total. The number of carbonyl (C=O) groups excluding carboxylic acids is 1. The molecule has 0 amide bonds. The molecule has 0 atom stereocenters. The number of rotatable bonds is 8. The molecule has 1 heterocycles. The molecule has 1 aromatic heterocycles. The van der Waals surface area contributed by atoms with Crippen LogP contribution in [0.15, 0.2) is 78.0 Å². The minimum atomic E-state index is -0.780.